The zero-order valence-corrected chi connectivity index (χ0v) is 14.6. The van der Waals surface area contributed by atoms with Crippen LogP contribution in [0.4, 0.5) is 5.69 Å². The molecule has 1 aliphatic rings. The second-order valence-electron chi connectivity index (χ2n) is 5.82. The highest BCUT2D eigenvalue weighted by atomic mass is 35.5. The molecule has 23 heavy (non-hydrogen) atoms. The Kier molecular flexibility index (Phi) is 6.00. The largest absolute Gasteiger partial charge is 0.279 e. The Balaban J connectivity index is 1.52. The van der Waals surface area contributed by atoms with E-state index in [1.165, 1.54) is 37.0 Å². The molecule has 0 unspecified atom stereocenters. The maximum absolute atomic E-state index is 5.86. The summed E-state index contributed by atoms with van der Waals surface area (Å²) in [7, 11) is 0. The average Bonchev–Trinajstić information content (AvgIpc) is 2.59. The molecule has 0 aromatic heterocycles. The summed E-state index contributed by atoms with van der Waals surface area (Å²) < 4.78 is 0. The summed E-state index contributed by atoms with van der Waals surface area (Å²) in [6, 6.07) is 16.1. The van der Waals surface area contributed by atoms with E-state index in [0.717, 1.165) is 21.5 Å². The SMILES string of the molecule is Clc1ccc(NN=Cc2ccc(SC3CCCCC3)cc2)cc1. The number of benzene rings is 2. The molecule has 1 aliphatic carbocycles. The van der Waals surface area contributed by atoms with Crippen molar-refractivity contribution in [2.75, 3.05) is 5.43 Å². The van der Waals surface area contributed by atoms with Crippen LogP contribution in [0.1, 0.15) is 37.7 Å². The first-order valence-electron chi connectivity index (χ1n) is 8.11. The van der Waals surface area contributed by atoms with Crippen molar-refractivity contribution in [1.82, 2.24) is 0 Å². The molecule has 0 heterocycles. The summed E-state index contributed by atoms with van der Waals surface area (Å²) in [5, 5.41) is 5.79. The Bertz CT molecular complexity index is 631. The van der Waals surface area contributed by atoms with Gasteiger partial charge in [-0.25, -0.2) is 0 Å². The molecule has 0 aliphatic heterocycles. The van der Waals surface area contributed by atoms with Crippen LogP contribution in [-0.4, -0.2) is 11.5 Å². The van der Waals surface area contributed by atoms with Gasteiger partial charge in [-0.15, -0.1) is 11.8 Å². The first-order valence-corrected chi connectivity index (χ1v) is 9.37. The van der Waals surface area contributed by atoms with Crippen LogP contribution in [0.2, 0.25) is 5.02 Å². The van der Waals surface area contributed by atoms with Crippen LogP contribution < -0.4 is 5.43 Å². The third-order valence-corrected chi connectivity index (χ3v) is 5.59. The molecule has 0 atom stereocenters. The first kappa shape index (κ1) is 16.4. The van der Waals surface area contributed by atoms with Gasteiger partial charge in [-0.1, -0.05) is 43.0 Å². The molecule has 2 aromatic rings. The number of thioether (sulfide) groups is 1. The summed E-state index contributed by atoms with van der Waals surface area (Å²) in [4.78, 5) is 1.36. The molecule has 2 nitrogen and oxygen atoms in total. The molecule has 120 valence electrons. The van der Waals surface area contributed by atoms with Crippen LogP contribution in [0.15, 0.2) is 58.5 Å². The Morgan fingerprint density at radius 2 is 1.65 bits per heavy atom. The lowest BCUT2D eigenvalue weighted by atomic mass is 10.0. The Hall–Kier alpha value is -1.45. The van der Waals surface area contributed by atoms with Crippen molar-refractivity contribution in [2.45, 2.75) is 42.2 Å². The Labute approximate surface area is 147 Å². The number of halogens is 1. The van der Waals surface area contributed by atoms with E-state index in [1.54, 1.807) is 0 Å². The molecule has 2 aromatic carbocycles. The number of anilines is 1. The van der Waals surface area contributed by atoms with Crippen LogP contribution in [0.5, 0.6) is 0 Å². The van der Waals surface area contributed by atoms with Crippen LogP contribution >= 0.6 is 23.4 Å². The third-order valence-electron chi connectivity index (χ3n) is 3.99. The average molecular weight is 345 g/mol. The van der Waals surface area contributed by atoms with Gasteiger partial charge in [0.15, 0.2) is 0 Å². The van der Waals surface area contributed by atoms with Crippen molar-refractivity contribution in [3.8, 4) is 0 Å². The highest BCUT2D eigenvalue weighted by Crippen LogP contribution is 2.33. The monoisotopic (exact) mass is 344 g/mol. The number of nitrogens with one attached hydrogen (secondary N) is 1. The van der Waals surface area contributed by atoms with Gasteiger partial charge in [0, 0.05) is 15.2 Å². The Morgan fingerprint density at radius 3 is 2.35 bits per heavy atom. The maximum Gasteiger partial charge on any atom is 0.0562 e. The molecule has 1 fully saturated rings. The van der Waals surface area contributed by atoms with E-state index in [0.29, 0.717) is 0 Å². The van der Waals surface area contributed by atoms with E-state index >= 15 is 0 Å². The zero-order chi connectivity index (χ0) is 15.9. The molecule has 0 spiro atoms. The fourth-order valence-corrected chi connectivity index (χ4v) is 4.09. The fourth-order valence-electron chi connectivity index (χ4n) is 2.71. The molecule has 1 saturated carbocycles. The molecule has 3 rings (SSSR count). The van der Waals surface area contributed by atoms with Crippen molar-refractivity contribution < 1.29 is 0 Å². The number of hydrogen-bond donors (Lipinski definition) is 1. The lowest BCUT2D eigenvalue weighted by molar-refractivity contribution is 0.516. The third kappa shape index (κ3) is 5.29. The van der Waals surface area contributed by atoms with Gasteiger partial charge in [0.05, 0.1) is 11.9 Å². The van der Waals surface area contributed by atoms with E-state index < -0.39 is 0 Å². The van der Waals surface area contributed by atoms with Gasteiger partial charge >= 0.3 is 0 Å². The quantitative estimate of drug-likeness (QED) is 0.515. The highest BCUT2D eigenvalue weighted by molar-refractivity contribution is 8.00. The molecule has 4 heteroatoms. The van der Waals surface area contributed by atoms with Gasteiger partial charge in [-0.05, 0) is 54.8 Å². The lowest BCUT2D eigenvalue weighted by Crippen LogP contribution is -2.07. The van der Waals surface area contributed by atoms with Crippen LogP contribution in [0.3, 0.4) is 0 Å². The van der Waals surface area contributed by atoms with E-state index in [1.807, 2.05) is 42.2 Å². The van der Waals surface area contributed by atoms with Crippen molar-refractivity contribution in [3.63, 3.8) is 0 Å². The molecule has 1 N–H and O–H groups in total. The van der Waals surface area contributed by atoms with Crippen LogP contribution in [0.25, 0.3) is 0 Å². The zero-order valence-electron chi connectivity index (χ0n) is 13.0. The standard InChI is InChI=1S/C19H21ClN2S/c20-16-8-10-17(11-9-16)22-21-14-15-6-12-19(13-7-15)23-18-4-2-1-3-5-18/h6-14,18,22H,1-5H2. The van der Waals surface area contributed by atoms with E-state index in [9.17, 15) is 0 Å². The van der Waals surface area contributed by atoms with E-state index in [2.05, 4.69) is 34.8 Å². The van der Waals surface area contributed by atoms with Crippen LogP contribution in [0, 0.1) is 0 Å². The molecule has 0 bridgehead atoms. The number of nitrogens with zero attached hydrogens (tertiary/aromatic N) is 1. The summed E-state index contributed by atoms with van der Waals surface area (Å²) >= 11 is 7.88. The predicted octanol–water partition coefficient (Wildman–Crippen LogP) is 6.21. The highest BCUT2D eigenvalue weighted by Gasteiger charge is 2.14. The normalized spacial score (nSPS) is 15.9. The topological polar surface area (TPSA) is 24.4 Å². The summed E-state index contributed by atoms with van der Waals surface area (Å²) in [6.07, 6.45) is 8.74. The smallest absolute Gasteiger partial charge is 0.0562 e. The molecule has 0 amide bonds. The van der Waals surface area contributed by atoms with Crippen molar-refractivity contribution in [1.29, 1.82) is 0 Å². The minimum absolute atomic E-state index is 0.727. The van der Waals surface area contributed by atoms with Crippen molar-refractivity contribution >= 4 is 35.3 Å². The fraction of sp³-hybridized carbons (Fsp3) is 0.316. The predicted molar refractivity (Wildman–Crippen MR) is 102 cm³/mol. The minimum Gasteiger partial charge on any atom is -0.279 e. The number of hydrazone groups is 1. The van der Waals surface area contributed by atoms with Gasteiger partial charge < -0.3 is 0 Å². The molecular formula is C19H21ClN2S. The van der Waals surface area contributed by atoms with Gasteiger partial charge in [0.25, 0.3) is 0 Å². The summed E-state index contributed by atoms with van der Waals surface area (Å²) in [6.45, 7) is 0. The first-order chi connectivity index (χ1) is 11.3. The summed E-state index contributed by atoms with van der Waals surface area (Å²) in [5.74, 6) is 0. The van der Waals surface area contributed by atoms with Gasteiger partial charge in [-0.2, -0.15) is 5.10 Å². The minimum atomic E-state index is 0.727. The molecular weight excluding hydrogens is 324 g/mol. The van der Waals surface area contributed by atoms with E-state index in [-0.39, 0.29) is 0 Å². The van der Waals surface area contributed by atoms with E-state index in [4.69, 9.17) is 11.6 Å². The van der Waals surface area contributed by atoms with Crippen molar-refractivity contribution in [3.05, 3.63) is 59.1 Å². The molecule has 0 radical (unpaired) electrons. The second kappa shape index (κ2) is 8.42. The molecule has 0 saturated heterocycles. The van der Waals surface area contributed by atoms with Crippen molar-refractivity contribution in [2.24, 2.45) is 5.10 Å². The van der Waals surface area contributed by atoms with Gasteiger partial charge in [0.1, 0.15) is 0 Å². The maximum atomic E-state index is 5.86. The van der Waals surface area contributed by atoms with Crippen LogP contribution in [-0.2, 0) is 0 Å². The Morgan fingerprint density at radius 1 is 0.957 bits per heavy atom. The number of rotatable bonds is 5. The lowest BCUT2D eigenvalue weighted by Gasteiger charge is -2.20. The van der Waals surface area contributed by atoms with Gasteiger partial charge in [0.2, 0.25) is 0 Å². The summed E-state index contributed by atoms with van der Waals surface area (Å²) in [5.41, 5.74) is 5.03. The van der Waals surface area contributed by atoms with Gasteiger partial charge in [-0.3, -0.25) is 5.43 Å². The second-order valence-corrected chi connectivity index (χ2v) is 7.63. The number of hydrogen-bond acceptors (Lipinski definition) is 3.